The maximum Gasteiger partial charge on any atom is 0.0691 e. The minimum absolute atomic E-state index is 0.304. The van der Waals surface area contributed by atoms with Crippen molar-refractivity contribution >= 4 is 5.69 Å². The van der Waals surface area contributed by atoms with Gasteiger partial charge in [-0.25, -0.2) is 0 Å². The SMILES string of the molecule is c1cc(NC2CCc3cccnc32)cc(-c2ccn[nH]2)c1. The van der Waals surface area contributed by atoms with E-state index in [2.05, 4.69) is 50.8 Å². The van der Waals surface area contributed by atoms with Gasteiger partial charge in [0.2, 0.25) is 0 Å². The molecule has 0 aliphatic heterocycles. The summed E-state index contributed by atoms with van der Waals surface area (Å²) >= 11 is 0. The molecule has 0 amide bonds. The Balaban J connectivity index is 1.60. The molecule has 1 atom stereocenters. The topological polar surface area (TPSA) is 53.6 Å². The number of nitrogens with zero attached hydrogens (tertiary/aromatic N) is 2. The van der Waals surface area contributed by atoms with Crippen molar-refractivity contribution in [2.24, 2.45) is 0 Å². The highest BCUT2D eigenvalue weighted by atomic mass is 15.1. The first-order valence-electron chi connectivity index (χ1n) is 7.20. The lowest BCUT2D eigenvalue weighted by molar-refractivity contribution is 0.746. The number of anilines is 1. The lowest BCUT2D eigenvalue weighted by atomic mass is 10.1. The van der Waals surface area contributed by atoms with E-state index >= 15 is 0 Å². The molecule has 1 aromatic carbocycles. The van der Waals surface area contributed by atoms with Crippen LogP contribution in [-0.2, 0) is 6.42 Å². The first kappa shape index (κ1) is 12.1. The Morgan fingerprint density at radius 3 is 3.00 bits per heavy atom. The van der Waals surface area contributed by atoms with Crippen molar-refractivity contribution < 1.29 is 0 Å². The minimum atomic E-state index is 0.304. The van der Waals surface area contributed by atoms with E-state index in [1.54, 1.807) is 6.20 Å². The van der Waals surface area contributed by atoms with Crippen LogP contribution in [0.5, 0.6) is 0 Å². The highest BCUT2D eigenvalue weighted by molar-refractivity contribution is 5.65. The molecule has 0 saturated carbocycles. The molecule has 1 aliphatic carbocycles. The molecular weight excluding hydrogens is 260 g/mol. The van der Waals surface area contributed by atoms with Gasteiger partial charge >= 0.3 is 0 Å². The summed E-state index contributed by atoms with van der Waals surface area (Å²) in [4.78, 5) is 4.53. The first-order valence-corrected chi connectivity index (χ1v) is 7.20. The average Bonchev–Trinajstić information content (AvgIpc) is 3.18. The molecule has 0 spiro atoms. The molecule has 4 heteroatoms. The van der Waals surface area contributed by atoms with Crippen LogP contribution in [0.1, 0.15) is 23.7 Å². The van der Waals surface area contributed by atoms with Crippen molar-refractivity contribution in [2.45, 2.75) is 18.9 Å². The van der Waals surface area contributed by atoms with E-state index in [1.165, 1.54) is 11.3 Å². The van der Waals surface area contributed by atoms with Gasteiger partial charge in [0.1, 0.15) is 0 Å². The molecule has 0 saturated heterocycles. The van der Waals surface area contributed by atoms with Gasteiger partial charge in [-0.15, -0.1) is 0 Å². The Bertz CT molecular complexity index is 749. The van der Waals surface area contributed by atoms with Gasteiger partial charge in [0, 0.05) is 23.6 Å². The highest BCUT2D eigenvalue weighted by Gasteiger charge is 2.23. The maximum atomic E-state index is 4.53. The second-order valence-electron chi connectivity index (χ2n) is 5.33. The van der Waals surface area contributed by atoms with Crippen LogP contribution >= 0.6 is 0 Å². The monoisotopic (exact) mass is 276 g/mol. The van der Waals surface area contributed by atoms with Gasteiger partial charge in [0.15, 0.2) is 0 Å². The quantitative estimate of drug-likeness (QED) is 0.769. The van der Waals surface area contributed by atoms with E-state index in [9.17, 15) is 0 Å². The van der Waals surface area contributed by atoms with Crippen LogP contribution in [0.2, 0.25) is 0 Å². The molecule has 3 aromatic rings. The zero-order valence-corrected chi connectivity index (χ0v) is 11.6. The van der Waals surface area contributed by atoms with Crippen LogP contribution in [0.3, 0.4) is 0 Å². The number of aromatic amines is 1. The zero-order chi connectivity index (χ0) is 14.1. The summed E-state index contributed by atoms with van der Waals surface area (Å²) < 4.78 is 0. The molecule has 104 valence electrons. The Labute approximate surface area is 123 Å². The number of aryl methyl sites for hydroxylation is 1. The van der Waals surface area contributed by atoms with Gasteiger partial charge < -0.3 is 5.32 Å². The van der Waals surface area contributed by atoms with Crippen molar-refractivity contribution in [3.8, 4) is 11.3 Å². The van der Waals surface area contributed by atoms with Gasteiger partial charge in [-0.2, -0.15) is 5.10 Å². The molecule has 2 heterocycles. The molecule has 0 fully saturated rings. The van der Waals surface area contributed by atoms with E-state index in [1.807, 2.05) is 18.3 Å². The number of hydrogen-bond donors (Lipinski definition) is 2. The third-order valence-corrected chi connectivity index (χ3v) is 3.97. The predicted molar refractivity (Wildman–Crippen MR) is 82.9 cm³/mol. The Hall–Kier alpha value is -2.62. The smallest absolute Gasteiger partial charge is 0.0691 e. The molecular formula is C17H16N4. The molecule has 2 aromatic heterocycles. The molecule has 0 radical (unpaired) electrons. The summed E-state index contributed by atoms with van der Waals surface area (Å²) in [5, 5.41) is 10.6. The Morgan fingerprint density at radius 2 is 2.10 bits per heavy atom. The largest absolute Gasteiger partial charge is 0.377 e. The second kappa shape index (κ2) is 5.05. The lowest BCUT2D eigenvalue weighted by Crippen LogP contribution is -2.08. The number of nitrogens with one attached hydrogen (secondary N) is 2. The fourth-order valence-corrected chi connectivity index (χ4v) is 2.95. The van der Waals surface area contributed by atoms with E-state index < -0.39 is 0 Å². The van der Waals surface area contributed by atoms with Crippen molar-refractivity contribution in [2.75, 3.05) is 5.32 Å². The molecule has 21 heavy (non-hydrogen) atoms. The summed E-state index contributed by atoms with van der Waals surface area (Å²) in [7, 11) is 0. The molecule has 2 N–H and O–H groups in total. The van der Waals surface area contributed by atoms with Crippen molar-refractivity contribution in [3.05, 3.63) is 66.1 Å². The van der Waals surface area contributed by atoms with Gasteiger partial charge in [-0.05, 0) is 42.7 Å². The highest BCUT2D eigenvalue weighted by Crippen LogP contribution is 2.32. The number of hydrogen-bond acceptors (Lipinski definition) is 3. The molecule has 1 aliphatic rings. The predicted octanol–water partition coefficient (Wildman–Crippen LogP) is 3.57. The third kappa shape index (κ3) is 2.29. The third-order valence-electron chi connectivity index (χ3n) is 3.97. The van der Waals surface area contributed by atoms with Crippen molar-refractivity contribution in [3.63, 3.8) is 0 Å². The summed E-state index contributed by atoms with van der Waals surface area (Å²) in [5.41, 5.74) is 5.83. The average molecular weight is 276 g/mol. The van der Waals surface area contributed by atoms with E-state index in [0.717, 1.165) is 29.8 Å². The number of aromatic nitrogens is 3. The molecule has 4 nitrogen and oxygen atoms in total. The first-order chi connectivity index (χ1) is 10.4. The van der Waals surface area contributed by atoms with Gasteiger partial charge in [0.25, 0.3) is 0 Å². The van der Waals surface area contributed by atoms with Crippen LogP contribution in [0, 0.1) is 0 Å². The van der Waals surface area contributed by atoms with E-state index in [-0.39, 0.29) is 0 Å². The van der Waals surface area contributed by atoms with Gasteiger partial charge in [-0.3, -0.25) is 10.1 Å². The minimum Gasteiger partial charge on any atom is -0.377 e. The zero-order valence-electron chi connectivity index (χ0n) is 11.6. The number of fused-ring (bicyclic) bond motifs is 1. The van der Waals surface area contributed by atoms with E-state index in [0.29, 0.717) is 6.04 Å². The Morgan fingerprint density at radius 1 is 1.10 bits per heavy atom. The summed E-state index contributed by atoms with van der Waals surface area (Å²) in [6.07, 6.45) is 5.84. The molecule has 4 rings (SSSR count). The fraction of sp³-hybridized carbons (Fsp3) is 0.176. The van der Waals surface area contributed by atoms with Gasteiger partial charge in [0.05, 0.1) is 17.4 Å². The number of H-pyrrole nitrogens is 1. The second-order valence-corrected chi connectivity index (χ2v) is 5.33. The van der Waals surface area contributed by atoms with Crippen LogP contribution in [0.15, 0.2) is 54.9 Å². The van der Waals surface area contributed by atoms with Crippen molar-refractivity contribution in [1.82, 2.24) is 15.2 Å². The maximum absolute atomic E-state index is 4.53. The summed E-state index contributed by atoms with van der Waals surface area (Å²) in [6, 6.07) is 14.9. The van der Waals surface area contributed by atoms with E-state index in [4.69, 9.17) is 0 Å². The lowest BCUT2D eigenvalue weighted by Gasteiger charge is -2.15. The van der Waals surface area contributed by atoms with Crippen LogP contribution in [0.25, 0.3) is 11.3 Å². The van der Waals surface area contributed by atoms with Crippen molar-refractivity contribution in [1.29, 1.82) is 0 Å². The number of rotatable bonds is 3. The summed E-state index contributed by atoms with van der Waals surface area (Å²) in [5.74, 6) is 0. The standard InChI is InChI=1S/C17H16N4/c1-3-13(15-8-10-19-21-15)11-14(5-1)20-16-7-6-12-4-2-9-18-17(12)16/h1-5,8-11,16,20H,6-7H2,(H,19,21). The molecule has 1 unspecified atom stereocenters. The van der Waals surface area contributed by atoms with Crippen LogP contribution < -0.4 is 5.32 Å². The normalized spacial score (nSPS) is 16.7. The number of benzene rings is 1. The Kier molecular flexibility index (Phi) is 2.92. The fourth-order valence-electron chi connectivity index (χ4n) is 2.95. The summed E-state index contributed by atoms with van der Waals surface area (Å²) in [6.45, 7) is 0. The van der Waals surface area contributed by atoms with Gasteiger partial charge in [-0.1, -0.05) is 18.2 Å². The molecule has 0 bridgehead atoms. The van der Waals surface area contributed by atoms with Crippen LogP contribution in [-0.4, -0.2) is 15.2 Å². The number of pyridine rings is 1. The van der Waals surface area contributed by atoms with Crippen LogP contribution in [0.4, 0.5) is 5.69 Å².